The minimum absolute atomic E-state index is 0.0305. The van der Waals surface area contributed by atoms with E-state index in [0.29, 0.717) is 12.2 Å². The van der Waals surface area contributed by atoms with Crippen LogP contribution in [0.1, 0.15) is 45.8 Å². The van der Waals surface area contributed by atoms with Crippen LogP contribution in [-0.2, 0) is 23.8 Å². The van der Waals surface area contributed by atoms with Crippen molar-refractivity contribution in [3.63, 3.8) is 0 Å². The van der Waals surface area contributed by atoms with Crippen LogP contribution in [0.2, 0.25) is 0 Å². The molecular formula is C19H25N3O5S. The van der Waals surface area contributed by atoms with Crippen LogP contribution in [0.4, 0.5) is 5.82 Å². The molecule has 0 saturated carbocycles. The zero-order valence-electron chi connectivity index (χ0n) is 16.4. The summed E-state index contributed by atoms with van der Waals surface area (Å²) in [7, 11) is 0. The second-order valence-corrected chi connectivity index (χ2v) is 8.32. The van der Waals surface area contributed by atoms with E-state index >= 15 is 0 Å². The summed E-state index contributed by atoms with van der Waals surface area (Å²) in [5.74, 6) is -0.704. The maximum absolute atomic E-state index is 12.1. The van der Waals surface area contributed by atoms with Gasteiger partial charge in [0.15, 0.2) is 0 Å². The fourth-order valence-corrected chi connectivity index (χ4v) is 3.88. The molecule has 3 atom stereocenters. The molecule has 8 nitrogen and oxygen atoms in total. The summed E-state index contributed by atoms with van der Waals surface area (Å²) in [6.45, 7) is 7.10. The number of fused-ring (bicyclic) bond motifs is 1. The van der Waals surface area contributed by atoms with Gasteiger partial charge in [-0.1, -0.05) is 27.7 Å². The van der Waals surface area contributed by atoms with Crippen molar-refractivity contribution < 1.29 is 23.8 Å². The SMILES string of the molecule is CC(C)C(=O)OC[C@H]1O[C@@H](c2csc3c(N)ncnc23)C[C@@H]1OC(=O)C(C)C. The molecule has 0 bridgehead atoms. The van der Waals surface area contributed by atoms with Gasteiger partial charge in [-0.15, -0.1) is 11.3 Å². The van der Waals surface area contributed by atoms with Crippen LogP contribution in [0.25, 0.3) is 10.2 Å². The second kappa shape index (κ2) is 8.40. The molecule has 152 valence electrons. The minimum Gasteiger partial charge on any atom is -0.463 e. The van der Waals surface area contributed by atoms with Crippen LogP contribution in [0.15, 0.2) is 11.7 Å². The minimum atomic E-state index is -0.537. The van der Waals surface area contributed by atoms with E-state index in [0.717, 1.165) is 15.8 Å². The molecule has 0 spiro atoms. The number of aromatic nitrogens is 2. The highest BCUT2D eigenvalue weighted by atomic mass is 32.1. The number of thiophene rings is 1. The highest BCUT2D eigenvalue weighted by molar-refractivity contribution is 7.17. The van der Waals surface area contributed by atoms with E-state index in [9.17, 15) is 9.59 Å². The van der Waals surface area contributed by atoms with E-state index in [1.807, 2.05) is 5.38 Å². The molecule has 0 unspecified atom stereocenters. The zero-order chi connectivity index (χ0) is 20.4. The van der Waals surface area contributed by atoms with Crippen LogP contribution < -0.4 is 5.73 Å². The van der Waals surface area contributed by atoms with Gasteiger partial charge in [-0.25, -0.2) is 9.97 Å². The third kappa shape index (κ3) is 4.25. The van der Waals surface area contributed by atoms with Crippen molar-refractivity contribution in [3.05, 3.63) is 17.3 Å². The van der Waals surface area contributed by atoms with Gasteiger partial charge in [0.1, 0.15) is 31.0 Å². The summed E-state index contributed by atoms with van der Waals surface area (Å²) in [5, 5.41) is 1.93. The number of anilines is 1. The van der Waals surface area contributed by atoms with Crippen molar-refractivity contribution in [3.8, 4) is 0 Å². The number of esters is 2. The first kappa shape index (κ1) is 20.5. The maximum Gasteiger partial charge on any atom is 0.308 e. The van der Waals surface area contributed by atoms with E-state index in [2.05, 4.69) is 9.97 Å². The Bertz CT molecular complexity index is 866. The lowest BCUT2D eigenvalue weighted by atomic mass is 10.1. The molecule has 1 fully saturated rings. The molecule has 2 aromatic rings. The van der Waals surface area contributed by atoms with Gasteiger partial charge < -0.3 is 19.9 Å². The Hall–Kier alpha value is -2.26. The molecule has 1 aliphatic rings. The van der Waals surface area contributed by atoms with Crippen molar-refractivity contribution in [2.75, 3.05) is 12.3 Å². The number of nitrogens with zero attached hydrogens (tertiary/aromatic N) is 2. The molecule has 1 aliphatic heterocycles. The van der Waals surface area contributed by atoms with Gasteiger partial charge in [-0.3, -0.25) is 9.59 Å². The van der Waals surface area contributed by atoms with E-state index < -0.39 is 12.2 Å². The molecule has 1 saturated heterocycles. The monoisotopic (exact) mass is 407 g/mol. The first-order valence-corrected chi connectivity index (χ1v) is 10.2. The molecule has 3 rings (SSSR count). The number of hydrogen-bond acceptors (Lipinski definition) is 9. The average Bonchev–Trinajstić information content (AvgIpc) is 3.24. The summed E-state index contributed by atoms with van der Waals surface area (Å²) >= 11 is 1.45. The van der Waals surface area contributed by atoms with Crippen LogP contribution in [0, 0.1) is 11.8 Å². The number of carbonyl (C=O) groups excluding carboxylic acids is 2. The number of ether oxygens (including phenoxy) is 3. The Morgan fingerprint density at radius 2 is 1.96 bits per heavy atom. The van der Waals surface area contributed by atoms with Crippen LogP contribution in [-0.4, -0.2) is 40.7 Å². The van der Waals surface area contributed by atoms with Gasteiger partial charge in [0.25, 0.3) is 0 Å². The second-order valence-electron chi connectivity index (χ2n) is 7.44. The Labute approximate surface area is 167 Å². The third-order valence-electron chi connectivity index (χ3n) is 4.56. The Morgan fingerprint density at radius 3 is 2.64 bits per heavy atom. The number of rotatable bonds is 6. The van der Waals surface area contributed by atoms with E-state index in [-0.39, 0.29) is 36.5 Å². The van der Waals surface area contributed by atoms with Gasteiger partial charge in [0.05, 0.1) is 28.2 Å². The van der Waals surface area contributed by atoms with Crippen molar-refractivity contribution in [2.45, 2.75) is 52.4 Å². The molecule has 0 amide bonds. The molecule has 28 heavy (non-hydrogen) atoms. The fourth-order valence-electron chi connectivity index (χ4n) is 2.92. The third-order valence-corrected chi connectivity index (χ3v) is 5.57. The van der Waals surface area contributed by atoms with Crippen molar-refractivity contribution in [1.29, 1.82) is 0 Å². The largest absolute Gasteiger partial charge is 0.463 e. The lowest BCUT2D eigenvalue weighted by Gasteiger charge is -2.20. The Balaban J connectivity index is 1.80. The van der Waals surface area contributed by atoms with Gasteiger partial charge in [-0.2, -0.15) is 0 Å². The number of nitrogens with two attached hydrogens (primary N) is 1. The van der Waals surface area contributed by atoms with E-state index in [1.165, 1.54) is 17.7 Å². The van der Waals surface area contributed by atoms with Crippen molar-refractivity contribution >= 4 is 39.3 Å². The highest BCUT2D eigenvalue weighted by Crippen LogP contribution is 2.40. The van der Waals surface area contributed by atoms with Gasteiger partial charge >= 0.3 is 11.9 Å². The zero-order valence-corrected chi connectivity index (χ0v) is 17.2. The van der Waals surface area contributed by atoms with Gasteiger partial charge in [0.2, 0.25) is 0 Å². The lowest BCUT2D eigenvalue weighted by Crippen LogP contribution is -2.33. The van der Waals surface area contributed by atoms with E-state index in [4.69, 9.17) is 19.9 Å². The van der Waals surface area contributed by atoms with Crippen LogP contribution in [0.3, 0.4) is 0 Å². The molecule has 0 radical (unpaired) electrons. The summed E-state index contributed by atoms with van der Waals surface area (Å²) in [5.41, 5.74) is 7.53. The smallest absolute Gasteiger partial charge is 0.308 e. The number of carbonyl (C=O) groups is 2. The van der Waals surface area contributed by atoms with Gasteiger partial charge in [-0.05, 0) is 5.38 Å². The molecule has 2 aromatic heterocycles. The first-order valence-electron chi connectivity index (χ1n) is 9.28. The summed E-state index contributed by atoms with van der Waals surface area (Å²) in [6.07, 6.45) is 0.494. The molecule has 0 aliphatic carbocycles. The normalized spacial score (nSPS) is 22.1. The Morgan fingerprint density at radius 1 is 1.25 bits per heavy atom. The standard InChI is InChI=1S/C19H25N3O5S/c1-9(2)18(23)25-6-14-13(27-19(24)10(3)4)5-12(26-14)11-7-28-16-15(11)21-8-22-17(16)20/h7-10,12-14H,5-6H2,1-4H3,(H2,20,21,22)/t12-,13+,14-/m1/s1. The molecule has 3 heterocycles. The first-order chi connectivity index (χ1) is 13.3. The fraction of sp³-hybridized carbons (Fsp3) is 0.579. The summed E-state index contributed by atoms with van der Waals surface area (Å²) < 4.78 is 17.9. The highest BCUT2D eigenvalue weighted by Gasteiger charge is 2.41. The van der Waals surface area contributed by atoms with Crippen molar-refractivity contribution in [2.24, 2.45) is 11.8 Å². The van der Waals surface area contributed by atoms with Gasteiger partial charge in [0, 0.05) is 12.0 Å². The average molecular weight is 407 g/mol. The topological polar surface area (TPSA) is 114 Å². The maximum atomic E-state index is 12.1. The Kier molecular flexibility index (Phi) is 6.14. The molecule has 0 aromatic carbocycles. The van der Waals surface area contributed by atoms with Crippen LogP contribution >= 0.6 is 11.3 Å². The molecule has 9 heteroatoms. The predicted octanol–water partition coefficient (Wildman–Crippen LogP) is 2.87. The van der Waals surface area contributed by atoms with E-state index in [1.54, 1.807) is 27.7 Å². The lowest BCUT2D eigenvalue weighted by molar-refractivity contribution is -0.161. The predicted molar refractivity (Wildman–Crippen MR) is 105 cm³/mol. The summed E-state index contributed by atoms with van der Waals surface area (Å²) in [4.78, 5) is 32.3. The molecular weight excluding hydrogens is 382 g/mol. The number of nitrogen functional groups attached to an aromatic ring is 1. The van der Waals surface area contributed by atoms with Crippen LogP contribution in [0.5, 0.6) is 0 Å². The number of hydrogen-bond donors (Lipinski definition) is 1. The quantitative estimate of drug-likeness (QED) is 0.727. The summed E-state index contributed by atoms with van der Waals surface area (Å²) in [6, 6.07) is 0. The molecule has 2 N–H and O–H groups in total. The van der Waals surface area contributed by atoms with Crippen molar-refractivity contribution in [1.82, 2.24) is 9.97 Å².